The molecule has 1 atom stereocenters. The first-order chi connectivity index (χ1) is 14.2. The zero-order chi connectivity index (χ0) is 19.8. The smallest absolute Gasteiger partial charge is 0.254 e. The van der Waals surface area contributed by atoms with Crippen LogP contribution in [0.1, 0.15) is 41.9 Å². The van der Waals surface area contributed by atoms with Crippen molar-refractivity contribution in [2.24, 2.45) is 0 Å². The highest BCUT2D eigenvalue weighted by atomic mass is 16.5. The fraction of sp³-hybridized carbons (Fsp3) is 0.304. The minimum absolute atomic E-state index is 0.00469. The molecule has 1 saturated heterocycles. The lowest BCUT2D eigenvalue weighted by molar-refractivity contribution is 0.0704. The van der Waals surface area contributed by atoms with E-state index in [4.69, 9.17) is 14.1 Å². The van der Waals surface area contributed by atoms with Gasteiger partial charge in [0.2, 0.25) is 0 Å². The van der Waals surface area contributed by atoms with Crippen molar-refractivity contribution in [1.29, 1.82) is 0 Å². The molecule has 29 heavy (non-hydrogen) atoms. The molecule has 6 heteroatoms. The minimum Gasteiger partial charge on any atom is -0.493 e. The second-order valence-electron chi connectivity index (χ2n) is 7.47. The van der Waals surface area contributed by atoms with Crippen LogP contribution in [0.4, 0.5) is 0 Å². The summed E-state index contributed by atoms with van der Waals surface area (Å²) in [6.07, 6.45) is 3.60. The van der Waals surface area contributed by atoms with Crippen molar-refractivity contribution in [3.63, 3.8) is 0 Å². The van der Waals surface area contributed by atoms with Gasteiger partial charge >= 0.3 is 0 Å². The summed E-state index contributed by atoms with van der Waals surface area (Å²) >= 11 is 0. The molecular weight excluding hydrogens is 366 g/mol. The van der Waals surface area contributed by atoms with E-state index in [9.17, 15) is 4.79 Å². The molecule has 3 heterocycles. The van der Waals surface area contributed by atoms with Gasteiger partial charge in [-0.3, -0.25) is 4.79 Å². The third-order valence-electron chi connectivity index (χ3n) is 5.58. The van der Waals surface area contributed by atoms with Gasteiger partial charge in [-0.2, -0.15) is 0 Å². The molecule has 0 radical (unpaired) electrons. The second kappa shape index (κ2) is 7.28. The Kier molecular flexibility index (Phi) is 4.46. The number of imidazole rings is 1. The van der Waals surface area contributed by atoms with Gasteiger partial charge in [0, 0.05) is 24.6 Å². The van der Waals surface area contributed by atoms with E-state index in [1.807, 2.05) is 54.3 Å². The zero-order valence-corrected chi connectivity index (χ0v) is 16.4. The van der Waals surface area contributed by atoms with E-state index in [0.717, 1.165) is 41.6 Å². The van der Waals surface area contributed by atoms with Crippen LogP contribution < -0.4 is 4.74 Å². The lowest BCUT2D eigenvalue weighted by Gasteiger charge is -2.32. The largest absolute Gasteiger partial charge is 0.493 e. The van der Waals surface area contributed by atoms with Gasteiger partial charge in [-0.25, -0.2) is 4.98 Å². The van der Waals surface area contributed by atoms with Crippen LogP contribution in [0.25, 0.3) is 22.0 Å². The van der Waals surface area contributed by atoms with Crippen LogP contribution in [-0.4, -0.2) is 40.5 Å². The molecule has 148 valence electrons. The number of ether oxygens (including phenoxy) is 1. The lowest BCUT2D eigenvalue weighted by atomic mass is 9.96. The molecule has 2 aromatic carbocycles. The van der Waals surface area contributed by atoms with E-state index in [-0.39, 0.29) is 11.8 Å². The Bertz CT molecular complexity index is 1140. The van der Waals surface area contributed by atoms with E-state index in [0.29, 0.717) is 30.0 Å². The molecule has 1 amide bonds. The van der Waals surface area contributed by atoms with E-state index in [2.05, 4.69) is 4.98 Å². The van der Waals surface area contributed by atoms with Gasteiger partial charge in [0.05, 0.1) is 29.3 Å². The number of piperidine rings is 1. The maximum atomic E-state index is 13.3. The summed E-state index contributed by atoms with van der Waals surface area (Å²) in [5, 5.41) is 0.891. The Morgan fingerprint density at radius 2 is 2.21 bits per heavy atom. The molecule has 0 aliphatic carbocycles. The van der Waals surface area contributed by atoms with E-state index in [1.54, 1.807) is 6.26 Å². The molecule has 5 rings (SSSR count). The standard InChI is InChI=1S/C23H23N3O3/c1-2-28-20-12-16(13-21-17(20)9-11-29-21)23(27)26-10-5-6-15(14-26)22-24-18-7-3-4-8-19(18)25-22/h3-4,7-9,11-13,15H,2,5-6,10,14H2,1H3,(H,24,25). The lowest BCUT2D eigenvalue weighted by Crippen LogP contribution is -2.39. The molecule has 0 spiro atoms. The maximum Gasteiger partial charge on any atom is 0.254 e. The number of benzene rings is 2. The van der Waals surface area contributed by atoms with E-state index in [1.165, 1.54) is 0 Å². The number of fused-ring (bicyclic) bond motifs is 2. The van der Waals surface area contributed by atoms with Crippen LogP contribution in [-0.2, 0) is 0 Å². The number of hydrogen-bond donors (Lipinski definition) is 1. The number of amides is 1. The van der Waals surface area contributed by atoms with E-state index < -0.39 is 0 Å². The number of aromatic amines is 1. The fourth-order valence-corrected chi connectivity index (χ4v) is 4.17. The third-order valence-corrected chi connectivity index (χ3v) is 5.58. The van der Waals surface area contributed by atoms with Crippen molar-refractivity contribution < 1.29 is 13.9 Å². The summed E-state index contributed by atoms with van der Waals surface area (Å²) in [7, 11) is 0. The van der Waals surface area contributed by atoms with Crippen LogP contribution in [0.15, 0.2) is 53.1 Å². The quantitative estimate of drug-likeness (QED) is 0.548. The molecule has 4 aromatic rings. The van der Waals surface area contributed by atoms with Gasteiger partial charge in [-0.1, -0.05) is 12.1 Å². The summed E-state index contributed by atoms with van der Waals surface area (Å²) in [6, 6.07) is 13.5. The Labute approximate surface area is 168 Å². The van der Waals surface area contributed by atoms with Gasteiger partial charge in [0.15, 0.2) is 0 Å². The van der Waals surface area contributed by atoms with Crippen molar-refractivity contribution in [1.82, 2.24) is 14.9 Å². The van der Waals surface area contributed by atoms with E-state index >= 15 is 0 Å². The Balaban J connectivity index is 1.41. The topological polar surface area (TPSA) is 71.4 Å². The van der Waals surface area contributed by atoms with Gasteiger partial charge in [0.25, 0.3) is 5.91 Å². The average molecular weight is 389 g/mol. The average Bonchev–Trinajstić information content (AvgIpc) is 3.40. The number of nitrogens with one attached hydrogen (secondary N) is 1. The van der Waals surface area contributed by atoms with Crippen molar-refractivity contribution in [3.8, 4) is 5.75 Å². The van der Waals surface area contributed by atoms with Crippen LogP contribution in [0.2, 0.25) is 0 Å². The highest BCUT2D eigenvalue weighted by Gasteiger charge is 2.28. The summed E-state index contributed by atoms with van der Waals surface area (Å²) in [5.74, 6) is 1.86. The monoisotopic (exact) mass is 389 g/mol. The number of carbonyl (C=O) groups excluding carboxylic acids is 1. The van der Waals surface area contributed by atoms with Crippen molar-refractivity contribution in [3.05, 3.63) is 60.1 Å². The number of likely N-dealkylation sites (tertiary alicyclic amines) is 1. The van der Waals surface area contributed by atoms with Crippen LogP contribution in [0.3, 0.4) is 0 Å². The second-order valence-corrected chi connectivity index (χ2v) is 7.47. The highest BCUT2D eigenvalue weighted by Crippen LogP contribution is 2.31. The summed E-state index contributed by atoms with van der Waals surface area (Å²) < 4.78 is 11.3. The molecule has 1 unspecified atom stereocenters. The Hall–Kier alpha value is -3.28. The van der Waals surface area contributed by atoms with Crippen LogP contribution in [0, 0.1) is 0 Å². The van der Waals surface area contributed by atoms with Gasteiger partial charge < -0.3 is 19.0 Å². The summed E-state index contributed by atoms with van der Waals surface area (Å²) in [5.41, 5.74) is 3.28. The normalized spacial score (nSPS) is 17.1. The zero-order valence-electron chi connectivity index (χ0n) is 16.4. The first kappa shape index (κ1) is 17.8. The van der Waals surface area contributed by atoms with Gasteiger partial charge in [-0.05, 0) is 50.1 Å². The van der Waals surface area contributed by atoms with Gasteiger partial charge in [-0.15, -0.1) is 0 Å². The highest BCUT2D eigenvalue weighted by molar-refractivity contribution is 5.99. The molecular formula is C23H23N3O3. The predicted octanol–water partition coefficient (Wildman–Crippen LogP) is 4.73. The number of hydrogen-bond acceptors (Lipinski definition) is 4. The molecule has 0 saturated carbocycles. The number of H-pyrrole nitrogens is 1. The number of rotatable bonds is 4. The molecule has 1 fully saturated rings. The molecule has 1 aliphatic rings. The van der Waals surface area contributed by atoms with Gasteiger partial charge in [0.1, 0.15) is 17.2 Å². The summed E-state index contributed by atoms with van der Waals surface area (Å²) in [6.45, 7) is 3.87. The number of aromatic nitrogens is 2. The molecule has 0 bridgehead atoms. The Morgan fingerprint density at radius 1 is 1.31 bits per heavy atom. The fourth-order valence-electron chi connectivity index (χ4n) is 4.17. The number of carbonyl (C=O) groups is 1. The van der Waals surface area contributed by atoms with Crippen LogP contribution >= 0.6 is 0 Å². The number of furan rings is 1. The first-order valence-corrected chi connectivity index (χ1v) is 10.1. The van der Waals surface area contributed by atoms with Crippen molar-refractivity contribution >= 4 is 27.9 Å². The SMILES string of the molecule is CCOc1cc(C(=O)N2CCCC(c3nc4ccccc4[nH]3)C2)cc2occc12. The van der Waals surface area contributed by atoms with Crippen molar-refractivity contribution in [2.75, 3.05) is 19.7 Å². The number of para-hydroxylation sites is 2. The third kappa shape index (κ3) is 3.24. The summed E-state index contributed by atoms with van der Waals surface area (Å²) in [4.78, 5) is 23.4. The Morgan fingerprint density at radius 3 is 3.07 bits per heavy atom. The van der Waals surface area contributed by atoms with Crippen molar-refractivity contribution in [2.45, 2.75) is 25.7 Å². The minimum atomic E-state index is 0.00469. The molecule has 1 aliphatic heterocycles. The molecule has 6 nitrogen and oxygen atoms in total. The molecule has 2 aromatic heterocycles. The maximum absolute atomic E-state index is 13.3. The van der Waals surface area contributed by atoms with Crippen LogP contribution in [0.5, 0.6) is 5.75 Å². The predicted molar refractivity (Wildman–Crippen MR) is 111 cm³/mol. The first-order valence-electron chi connectivity index (χ1n) is 10.1. The number of nitrogens with zero attached hydrogens (tertiary/aromatic N) is 2. The molecule has 1 N–H and O–H groups in total.